The highest BCUT2D eigenvalue weighted by Gasteiger charge is 2.07. The molecule has 14 heavy (non-hydrogen) atoms. The van der Waals surface area contributed by atoms with Crippen molar-refractivity contribution in [3.05, 3.63) is 29.6 Å². The van der Waals surface area contributed by atoms with Crippen LogP contribution in [-0.2, 0) is 0 Å². The molecule has 0 saturated heterocycles. The molecule has 1 unspecified atom stereocenters. The van der Waals surface area contributed by atoms with Crippen LogP contribution in [0.1, 0.15) is 5.56 Å². The third-order valence-corrected chi connectivity index (χ3v) is 1.74. The van der Waals surface area contributed by atoms with Gasteiger partial charge in [0.05, 0.1) is 6.07 Å². The minimum atomic E-state index is -0.727. The van der Waals surface area contributed by atoms with E-state index in [1.165, 1.54) is 6.07 Å². The van der Waals surface area contributed by atoms with E-state index in [-0.39, 0.29) is 12.4 Å². The predicted octanol–water partition coefficient (Wildman–Crippen LogP) is 1.36. The molecule has 3 nitrogen and oxygen atoms in total. The molecule has 1 aromatic rings. The average Bonchev–Trinajstić information content (AvgIpc) is 2.20. The lowest BCUT2D eigenvalue weighted by Gasteiger charge is -2.08. The SMILES string of the molecule is Cc1cccc(OCC(N)C#N)c1F. The van der Waals surface area contributed by atoms with Crippen molar-refractivity contribution in [3.63, 3.8) is 0 Å². The van der Waals surface area contributed by atoms with Gasteiger partial charge in [-0.3, -0.25) is 0 Å². The Labute approximate surface area is 81.9 Å². The Morgan fingerprint density at radius 1 is 1.64 bits per heavy atom. The molecule has 0 aliphatic rings. The van der Waals surface area contributed by atoms with Crippen molar-refractivity contribution in [2.24, 2.45) is 5.73 Å². The van der Waals surface area contributed by atoms with Crippen LogP contribution in [0.5, 0.6) is 5.75 Å². The maximum absolute atomic E-state index is 13.3. The first-order chi connectivity index (χ1) is 6.65. The van der Waals surface area contributed by atoms with Gasteiger partial charge in [0.2, 0.25) is 0 Å². The maximum atomic E-state index is 13.3. The van der Waals surface area contributed by atoms with Crippen molar-refractivity contribution in [1.29, 1.82) is 5.26 Å². The van der Waals surface area contributed by atoms with E-state index in [1.807, 2.05) is 0 Å². The zero-order valence-corrected chi connectivity index (χ0v) is 7.83. The van der Waals surface area contributed by atoms with Gasteiger partial charge in [0.15, 0.2) is 11.6 Å². The molecule has 0 aromatic heterocycles. The number of nitrogens with zero attached hydrogens (tertiary/aromatic N) is 1. The highest BCUT2D eigenvalue weighted by molar-refractivity contribution is 5.30. The number of nitriles is 1. The fourth-order valence-electron chi connectivity index (χ4n) is 0.949. The Balaban J connectivity index is 2.69. The van der Waals surface area contributed by atoms with Crippen LogP contribution in [0.3, 0.4) is 0 Å². The summed E-state index contributed by atoms with van der Waals surface area (Å²) in [4.78, 5) is 0. The first-order valence-electron chi connectivity index (χ1n) is 4.18. The largest absolute Gasteiger partial charge is 0.488 e. The fourth-order valence-corrected chi connectivity index (χ4v) is 0.949. The minimum absolute atomic E-state index is 0.00310. The van der Waals surface area contributed by atoms with E-state index in [9.17, 15) is 4.39 Å². The number of rotatable bonds is 3. The van der Waals surface area contributed by atoms with Crippen molar-refractivity contribution in [2.75, 3.05) is 6.61 Å². The van der Waals surface area contributed by atoms with Crippen molar-refractivity contribution in [1.82, 2.24) is 0 Å². The monoisotopic (exact) mass is 194 g/mol. The Morgan fingerprint density at radius 2 is 2.36 bits per heavy atom. The summed E-state index contributed by atoms with van der Waals surface area (Å²) < 4.78 is 18.4. The number of halogens is 1. The molecule has 74 valence electrons. The van der Waals surface area contributed by atoms with E-state index < -0.39 is 11.9 Å². The summed E-state index contributed by atoms with van der Waals surface area (Å²) in [7, 11) is 0. The number of nitrogens with two attached hydrogens (primary N) is 1. The lowest BCUT2D eigenvalue weighted by atomic mass is 10.2. The van der Waals surface area contributed by atoms with E-state index in [0.29, 0.717) is 5.56 Å². The van der Waals surface area contributed by atoms with Crippen LogP contribution < -0.4 is 10.5 Å². The summed E-state index contributed by atoms with van der Waals surface area (Å²) in [5, 5.41) is 8.39. The number of benzene rings is 1. The van der Waals surface area contributed by atoms with Gasteiger partial charge in [0.1, 0.15) is 12.6 Å². The summed E-state index contributed by atoms with van der Waals surface area (Å²) in [5.41, 5.74) is 5.81. The number of ether oxygens (including phenoxy) is 1. The lowest BCUT2D eigenvalue weighted by molar-refractivity contribution is 0.293. The van der Waals surface area contributed by atoms with Crippen molar-refractivity contribution in [3.8, 4) is 11.8 Å². The zero-order valence-electron chi connectivity index (χ0n) is 7.83. The van der Waals surface area contributed by atoms with Gasteiger partial charge < -0.3 is 10.5 Å². The second-order valence-electron chi connectivity index (χ2n) is 2.93. The van der Waals surface area contributed by atoms with Gasteiger partial charge in [0.25, 0.3) is 0 Å². The summed E-state index contributed by atoms with van der Waals surface area (Å²) in [6, 6.07) is 5.91. The normalized spacial score (nSPS) is 11.9. The van der Waals surface area contributed by atoms with Gasteiger partial charge >= 0.3 is 0 Å². The van der Waals surface area contributed by atoms with Gasteiger partial charge in [-0.05, 0) is 18.6 Å². The van der Waals surface area contributed by atoms with Crippen LogP contribution in [0.4, 0.5) is 4.39 Å². The van der Waals surface area contributed by atoms with Crippen LogP contribution in [0.25, 0.3) is 0 Å². The molecule has 0 bridgehead atoms. The van der Waals surface area contributed by atoms with Gasteiger partial charge in [-0.2, -0.15) is 5.26 Å². The number of aryl methyl sites for hydroxylation is 1. The molecule has 0 heterocycles. The Kier molecular flexibility index (Phi) is 3.43. The standard InChI is InChI=1S/C10H11FN2O/c1-7-3-2-4-9(10(7)11)14-6-8(13)5-12/h2-4,8H,6,13H2,1H3. The molecule has 0 amide bonds. The topological polar surface area (TPSA) is 59.0 Å². The van der Waals surface area contributed by atoms with E-state index in [4.69, 9.17) is 15.7 Å². The van der Waals surface area contributed by atoms with Crippen molar-refractivity contribution in [2.45, 2.75) is 13.0 Å². The van der Waals surface area contributed by atoms with E-state index >= 15 is 0 Å². The third-order valence-electron chi connectivity index (χ3n) is 1.74. The van der Waals surface area contributed by atoms with E-state index in [1.54, 1.807) is 25.1 Å². The van der Waals surface area contributed by atoms with Gasteiger partial charge in [-0.15, -0.1) is 0 Å². The molecular formula is C10H11FN2O. The Hall–Kier alpha value is -1.60. The molecule has 0 aliphatic heterocycles. The molecule has 2 N–H and O–H groups in total. The second-order valence-corrected chi connectivity index (χ2v) is 2.93. The number of hydrogen-bond acceptors (Lipinski definition) is 3. The van der Waals surface area contributed by atoms with Crippen molar-refractivity contribution < 1.29 is 9.13 Å². The number of hydrogen-bond donors (Lipinski definition) is 1. The molecule has 0 spiro atoms. The van der Waals surface area contributed by atoms with Gasteiger partial charge in [-0.25, -0.2) is 4.39 Å². The highest BCUT2D eigenvalue weighted by Crippen LogP contribution is 2.19. The smallest absolute Gasteiger partial charge is 0.167 e. The summed E-state index contributed by atoms with van der Waals surface area (Å²) in [5.74, 6) is -0.270. The molecule has 0 saturated carbocycles. The molecular weight excluding hydrogens is 183 g/mol. The Morgan fingerprint density at radius 3 is 3.00 bits per heavy atom. The summed E-state index contributed by atoms with van der Waals surface area (Å²) in [6.45, 7) is 1.64. The van der Waals surface area contributed by atoms with Gasteiger partial charge in [-0.1, -0.05) is 12.1 Å². The van der Waals surface area contributed by atoms with E-state index in [0.717, 1.165) is 0 Å². The first kappa shape index (κ1) is 10.5. The zero-order chi connectivity index (χ0) is 10.6. The maximum Gasteiger partial charge on any atom is 0.167 e. The van der Waals surface area contributed by atoms with Crippen LogP contribution >= 0.6 is 0 Å². The van der Waals surface area contributed by atoms with Crippen LogP contribution in [0, 0.1) is 24.1 Å². The molecule has 1 aromatic carbocycles. The molecule has 0 radical (unpaired) electrons. The minimum Gasteiger partial charge on any atom is -0.488 e. The summed E-state index contributed by atoms with van der Waals surface area (Å²) >= 11 is 0. The van der Waals surface area contributed by atoms with E-state index in [2.05, 4.69) is 0 Å². The fraction of sp³-hybridized carbons (Fsp3) is 0.300. The van der Waals surface area contributed by atoms with Crippen LogP contribution in [-0.4, -0.2) is 12.6 Å². The first-order valence-corrected chi connectivity index (χ1v) is 4.18. The highest BCUT2D eigenvalue weighted by atomic mass is 19.1. The predicted molar refractivity (Wildman–Crippen MR) is 50.2 cm³/mol. The third kappa shape index (κ3) is 2.44. The lowest BCUT2D eigenvalue weighted by Crippen LogP contribution is -2.25. The Bertz CT molecular complexity index is 360. The molecule has 1 atom stereocenters. The van der Waals surface area contributed by atoms with Crippen LogP contribution in [0.2, 0.25) is 0 Å². The molecule has 4 heteroatoms. The molecule has 1 rings (SSSR count). The second kappa shape index (κ2) is 4.58. The van der Waals surface area contributed by atoms with Crippen LogP contribution in [0.15, 0.2) is 18.2 Å². The molecule has 0 fully saturated rings. The van der Waals surface area contributed by atoms with Gasteiger partial charge in [0, 0.05) is 0 Å². The molecule has 0 aliphatic carbocycles. The summed E-state index contributed by atoms with van der Waals surface area (Å²) in [6.07, 6.45) is 0. The average molecular weight is 194 g/mol. The quantitative estimate of drug-likeness (QED) is 0.790. The van der Waals surface area contributed by atoms with Crippen molar-refractivity contribution >= 4 is 0 Å².